The lowest BCUT2D eigenvalue weighted by Crippen LogP contribution is -2.13. The predicted octanol–water partition coefficient (Wildman–Crippen LogP) is 5.21. The molecule has 1 atom stereocenters. The van der Waals surface area contributed by atoms with E-state index >= 15 is 0 Å². The highest BCUT2D eigenvalue weighted by molar-refractivity contribution is 5.54. The van der Waals surface area contributed by atoms with Crippen LogP contribution >= 0.6 is 0 Å². The van der Waals surface area contributed by atoms with Gasteiger partial charge in [-0.3, -0.25) is 0 Å². The fraction of sp³-hybridized carbons (Fsp3) is 0.333. The van der Waals surface area contributed by atoms with Crippen molar-refractivity contribution in [2.75, 3.05) is 5.32 Å². The molecular formula is C21H23N3O3. The van der Waals surface area contributed by atoms with E-state index in [4.69, 9.17) is 13.6 Å². The average molecular weight is 365 g/mol. The molecule has 0 aliphatic carbocycles. The summed E-state index contributed by atoms with van der Waals surface area (Å²) >= 11 is 0. The molecule has 0 saturated carbocycles. The van der Waals surface area contributed by atoms with E-state index in [0.29, 0.717) is 24.0 Å². The van der Waals surface area contributed by atoms with Gasteiger partial charge in [-0.15, -0.1) is 0 Å². The minimum atomic E-state index is 0.177. The van der Waals surface area contributed by atoms with Crippen LogP contribution in [0.4, 0.5) is 5.88 Å². The van der Waals surface area contributed by atoms with E-state index in [1.165, 1.54) is 0 Å². The Hall–Kier alpha value is -3.20. The molecule has 0 saturated heterocycles. The summed E-state index contributed by atoms with van der Waals surface area (Å²) in [4.78, 5) is 4.22. The summed E-state index contributed by atoms with van der Waals surface area (Å²) in [5.74, 6) is 2.58. The van der Waals surface area contributed by atoms with E-state index < -0.39 is 0 Å². The Morgan fingerprint density at radius 2 is 2.04 bits per heavy atom. The molecule has 0 spiro atoms. The number of nitrogens with one attached hydrogen (secondary N) is 1. The van der Waals surface area contributed by atoms with Crippen LogP contribution in [0.3, 0.4) is 0 Å². The molecular weight excluding hydrogens is 342 g/mol. The molecule has 1 N–H and O–H groups in total. The van der Waals surface area contributed by atoms with Gasteiger partial charge in [0.05, 0.1) is 0 Å². The van der Waals surface area contributed by atoms with Crippen LogP contribution in [-0.4, -0.2) is 11.0 Å². The van der Waals surface area contributed by atoms with Crippen molar-refractivity contribution in [2.24, 2.45) is 0 Å². The summed E-state index contributed by atoms with van der Waals surface area (Å²) in [6.07, 6.45) is 0.904. The number of oxazole rings is 1. The Morgan fingerprint density at radius 3 is 2.78 bits per heavy atom. The van der Waals surface area contributed by atoms with Crippen molar-refractivity contribution in [3.05, 3.63) is 52.9 Å². The molecule has 0 bridgehead atoms. The Kier molecular flexibility index (Phi) is 5.51. The summed E-state index contributed by atoms with van der Waals surface area (Å²) < 4.78 is 17.3. The monoisotopic (exact) mass is 365 g/mol. The quantitative estimate of drug-likeness (QED) is 0.618. The van der Waals surface area contributed by atoms with Gasteiger partial charge in [-0.25, -0.2) is 0 Å². The second-order valence-corrected chi connectivity index (χ2v) is 6.59. The van der Waals surface area contributed by atoms with E-state index in [9.17, 15) is 5.26 Å². The van der Waals surface area contributed by atoms with E-state index in [-0.39, 0.29) is 17.6 Å². The number of nitrogens with zero attached hydrogens (tertiary/aromatic N) is 2. The van der Waals surface area contributed by atoms with Gasteiger partial charge in [-0.1, -0.05) is 19.1 Å². The maximum atomic E-state index is 9.27. The highest BCUT2D eigenvalue weighted by Gasteiger charge is 2.18. The molecule has 0 fully saturated rings. The molecule has 27 heavy (non-hydrogen) atoms. The fourth-order valence-electron chi connectivity index (χ4n) is 2.51. The summed E-state index contributed by atoms with van der Waals surface area (Å²) in [5, 5.41) is 12.4. The number of rotatable bonds is 7. The molecule has 1 aromatic carbocycles. The topological polar surface area (TPSA) is 84.2 Å². The van der Waals surface area contributed by atoms with Crippen molar-refractivity contribution >= 4 is 5.88 Å². The number of anilines is 1. The molecule has 0 unspecified atom stereocenters. The van der Waals surface area contributed by atoms with Crippen LogP contribution in [-0.2, 0) is 6.61 Å². The van der Waals surface area contributed by atoms with Crippen LogP contribution in [0.5, 0.6) is 5.75 Å². The first-order chi connectivity index (χ1) is 13.0. The zero-order chi connectivity index (χ0) is 19.4. The molecule has 3 rings (SSSR count). The summed E-state index contributed by atoms with van der Waals surface area (Å²) in [6, 6.07) is 11.9. The Bertz CT molecular complexity index is 965. The van der Waals surface area contributed by atoms with Crippen LogP contribution in [0.1, 0.15) is 42.8 Å². The van der Waals surface area contributed by atoms with E-state index in [2.05, 4.69) is 17.2 Å². The number of nitriles is 1. The lowest BCUT2D eigenvalue weighted by Gasteiger charge is -2.09. The van der Waals surface area contributed by atoms with Crippen LogP contribution in [0.15, 0.2) is 39.2 Å². The van der Waals surface area contributed by atoms with Crippen molar-refractivity contribution in [1.82, 2.24) is 4.98 Å². The lowest BCUT2D eigenvalue weighted by molar-refractivity contribution is 0.269. The van der Waals surface area contributed by atoms with Gasteiger partial charge in [-0.05, 0) is 56.5 Å². The molecule has 0 aliphatic rings. The van der Waals surface area contributed by atoms with Gasteiger partial charge < -0.3 is 18.9 Å². The minimum absolute atomic E-state index is 0.177. The van der Waals surface area contributed by atoms with E-state index in [1.807, 2.05) is 51.1 Å². The maximum Gasteiger partial charge on any atom is 0.266 e. The van der Waals surface area contributed by atoms with Crippen LogP contribution in [0.25, 0.3) is 11.7 Å². The maximum absolute atomic E-state index is 9.27. The number of ether oxygens (including phenoxy) is 1. The first-order valence-electron chi connectivity index (χ1n) is 8.96. The minimum Gasteiger partial charge on any atom is -0.485 e. The number of aromatic nitrogens is 1. The highest BCUT2D eigenvalue weighted by Crippen LogP contribution is 2.28. The molecule has 140 valence electrons. The van der Waals surface area contributed by atoms with Crippen LogP contribution in [0, 0.1) is 25.2 Å². The first kappa shape index (κ1) is 18.6. The molecule has 2 heterocycles. The van der Waals surface area contributed by atoms with Gasteiger partial charge in [0.15, 0.2) is 5.76 Å². The molecule has 2 aromatic heterocycles. The zero-order valence-corrected chi connectivity index (χ0v) is 16.0. The molecule has 6 nitrogen and oxygen atoms in total. The molecule has 6 heteroatoms. The predicted molar refractivity (Wildman–Crippen MR) is 103 cm³/mol. The van der Waals surface area contributed by atoms with Gasteiger partial charge in [0.25, 0.3) is 5.89 Å². The number of hydrogen-bond donors (Lipinski definition) is 1. The summed E-state index contributed by atoms with van der Waals surface area (Å²) in [6.45, 7) is 8.39. The molecule has 3 aromatic rings. The summed E-state index contributed by atoms with van der Waals surface area (Å²) in [7, 11) is 0. The van der Waals surface area contributed by atoms with E-state index in [0.717, 1.165) is 23.3 Å². The summed E-state index contributed by atoms with van der Waals surface area (Å²) in [5.41, 5.74) is 2.43. The molecule has 0 aliphatic heterocycles. The van der Waals surface area contributed by atoms with Gasteiger partial charge in [0.1, 0.15) is 24.2 Å². The van der Waals surface area contributed by atoms with Crippen molar-refractivity contribution in [3.63, 3.8) is 0 Å². The standard InChI is InChI=1S/C21H23N3O3/c1-5-15(4)23-20-17(11-22)24-21(27-20)18-9-8-16(26-18)12-25-19-10-13(2)6-7-14(19)3/h6-10,15,23H,5,12H2,1-4H3/t15-/m0/s1. The second-order valence-electron chi connectivity index (χ2n) is 6.59. The highest BCUT2D eigenvalue weighted by atomic mass is 16.5. The van der Waals surface area contributed by atoms with Gasteiger partial charge in [0.2, 0.25) is 11.6 Å². The number of benzene rings is 1. The van der Waals surface area contributed by atoms with Crippen molar-refractivity contribution in [2.45, 2.75) is 46.8 Å². The van der Waals surface area contributed by atoms with Gasteiger partial charge in [-0.2, -0.15) is 10.2 Å². The van der Waals surface area contributed by atoms with Crippen molar-refractivity contribution < 1.29 is 13.6 Å². The molecule has 0 radical (unpaired) electrons. The van der Waals surface area contributed by atoms with Crippen molar-refractivity contribution in [1.29, 1.82) is 5.26 Å². The van der Waals surface area contributed by atoms with Crippen LogP contribution < -0.4 is 10.1 Å². The van der Waals surface area contributed by atoms with Gasteiger partial charge >= 0.3 is 0 Å². The third kappa shape index (κ3) is 4.32. The third-order valence-electron chi connectivity index (χ3n) is 4.31. The smallest absolute Gasteiger partial charge is 0.266 e. The zero-order valence-electron chi connectivity index (χ0n) is 16.0. The Balaban J connectivity index is 1.74. The Morgan fingerprint density at radius 1 is 1.22 bits per heavy atom. The van der Waals surface area contributed by atoms with Gasteiger partial charge in [0, 0.05) is 6.04 Å². The van der Waals surface area contributed by atoms with Crippen molar-refractivity contribution in [3.8, 4) is 23.5 Å². The first-order valence-corrected chi connectivity index (χ1v) is 8.96. The fourth-order valence-corrected chi connectivity index (χ4v) is 2.51. The Labute approximate surface area is 158 Å². The number of aryl methyl sites for hydroxylation is 2. The van der Waals surface area contributed by atoms with E-state index in [1.54, 1.807) is 6.07 Å². The third-order valence-corrected chi connectivity index (χ3v) is 4.31. The second kappa shape index (κ2) is 8.00. The normalized spacial score (nSPS) is 11.8. The number of hydrogen-bond acceptors (Lipinski definition) is 6. The lowest BCUT2D eigenvalue weighted by atomic mass is 10.1. The number of furan rings is 1. The largest absolute Gasteiger partial charge is 0.485 e. The average Bonchev–Trinajstić information content (AvgIpc) is 3.29. The van der Waals surface area contributed by atoms with Crippen LogP contribution in [0.2, 0.25) is 0 Å². The SMILES string of the molecule is CC[C@H](C)Nc1oc(-c2ccc(COc3cc(C)ccc3C)o2)nc1C#N. The molecule has 0 amide bonds.